The van der Waals surface area contributed by atoms with Gasteiger partial charge in [-0.05, 0) is 16.5 Å². The summed E-state index contributed by atoms with van der Waals surface area (Å²) < 4.78 is 0. The molecule has 0 aliphatic heterocycles. The quantitative estimate of drug-likeness (QED) is 0.747. The highest BCUT2D eigenvalue weighted by molar-refractivity contribution is 5.83. The monoisotopic (exact) mass is 225 g/mol. The number of allylic oxidation sites excluding steroid dienone is 2. The molecule has 0 spiro atoms. The lowest BCUT2D eigenvalue weighted by Crippen LogP contribution is -2.14. The van der Waals surface area contributed by atoms with Crippen LogP contribution in [0.5, 0.6) is 0 Å². The SMILES string of the molecule is CC(C)(C)c1ccccc1/C(C#N)=C(/N)C#N. The summed E-state index contributed by atoms with van der Waals surface area (Å²) in [5.41, 5.74) is 7.42. The molecule has 3 nitrogen and oxygen atoms in total. The maximum atomic E-state index is 9.13. The van der Waals surface area contributed by atoms with E-state index in [1.807, 2.05) is 36.4 Å². The zero-order chi connectivity index (χ0) is 13.1. The van der Waals surface area contributed by atoms with Gasteiger partial charge in [-0.3, -0.25) is 0 Å². The van der Waals surface area contributed by atoms with Crippen LogP contribution in [0, 0.1) is 22.7 Å². The van der Waals surface area contributed by atoms with Crippen molar-refractivity contribution in [3.8, 4) is 12.1 Å². The fourth-order valence-electron chi connectivity index (χ4n) is 1.68. The fraction of sp³-hybridized carbons (Fsp3) is 0.286. The molecular weight excluding hydrogens is 210 g/mol. The second-order valence-corrected chi connectivity index (χ2v) is 4.81. The highest BCUT2D eigenvalue weighted by Crippen LogP contribution is 2.30. The molecule has 1 aromatic rings. The van der Waals surface area contributed by atoms with Gasteiger partial charge < -0.3 is 5.73 Å². The molecule has 0 heterocycles. The van der Waals surface area contributed by atoms with E-state index in [4.69, 9.17) is 16.3 Å². The second-order valence-electron chi connectivity index (χ2n) is 4.81. The van der Waals surface area contributed by atoms with E-state index >= 15 is 0 Å². The first-order valence-corrected chi connectivity index (χ1v) is 5.31. The van der Waals surface area contributed by atoms with E-state index in [1.165, 1.54) is 0 Å². The van der Waals surface area contributed by atoms with Gasteiger partial charge in [0, 0.05) is 0 Å². The van der Waals surface area contributed by atoms with Crippen molar-refractivity contribution >= 4 is 5.57 Å². The minimum Gasteiger partial charge on any atom is -0.389 e. The molecule has 0 bridgehead atoms. The van der Waals surface area contributed by atoms with Crippen LogP contribution >= 0.6 is 0 Å². The van der Waals surface area contributed by atoms with Crippen LogP contribution in [-0.2, 0) is 5.41 Å². The molecule has 0 aliphatic rings. The van der Waals surface area contributed by atoms with Crippen molar-refractivity contribution < 1.29 is 0 Å². The van der Waals surface area contributed by atoms with E-state index in [0.29, 0.717) is 0 Å². The Morgan fingerprint density at radius 1 is 1.12 bits per heavy atom. The molecule has 0 fully saturated rings. The molecular formula is C14H15N3. The Labute approximate surface area is 102 Å². The Balaban J connectivity index is 3.55. The average molecular weight is 225 g/mol. The predicted molar refractivity (Wildman–Crippen MR) is 67.5 cm³/mol. The number of hydrogen-bond donors (Lipinski definition) is 1. The van der Waals surface area contributed by atoms with Crippen LogP contribution in [0.4, 0.5) is 0 Å². The van der Waals surface area contributed by atoms with Crippen LogP contribution in [0.2, 0.25) is 0 Å². The van der Waals surface area contributed by atoms with Gasteiger partial charge in [0.25, 0.3) is 0 Å². The van der Waals surface area contributed by atoms with Crippen molar-refractivity contribution in [2.24, 2.45) is 5.73 Å². The third kappa shape index (κ3) is 2.65. The summed E-state index contributed by atoms with van der Waals surface area (Å²) in [7, 11) is 0. The van der Waals surface area contributed by atoms with E-state index in [0.717, 1.165) is 11.1 Å². The van der Waals surface area contributed by atoms with Gasteiger partial charge in [0.2, 0.25) is 0 Å². The van der Waals surface area contributed by atoms with Crippen molar-refractivity contribution in [2.45, 2.75) is 26.2 Å². The fourth-order valence-corrected chi connectivity index (χ4v) is 1.68. The molecule has 0 unspecified atom stereocenters. The third-order valence-corrected chi connectivity index (χ3v) is 2.51. The molecule has 3 heteroatoms. The summed E-state index contributed by atoms with van der Waals surface area (Å²) in [6.45, 7) is 6.18. The number of nitrogens with two attached hydrogens (primary N) is 1. The molecule has 86 valence electrons. The largest absolute Gasteiger partial charge is 0.389 e. The molecule has 0 aromatic heterocycles. The molecule has 0 aliphatic carbocycles. The molecule has 1 aromatic carbocycles. The van der Waals surface area contributed by atoms with E-state index in [2.05, 4.69) is 20.8 Å². The minimum absolute atomic E-state index is 0.0378. The Morgan fingerprint density at radius 3 is 2.18 bits per heavy atom. The number of nitrogens with zero attached hydrogens (tertiary/aromatic N) is 2. The standard InChI is InChI=1S/C14H15N3/c1-14(2,3)12-7-5-4-6-10(12)11(8-15)13(17)9-16/h4-7H,17H2,1-3H3/b13-11+. The van der Waals surface area contributed by atoms with E-state index in [9.17, 15) is 0 Å². The Bertz CT molecular complexity index is 534. The van der Waals surface area contributed by atoms with E-state index in [1.54, 1.807) is 0 Å². The van der Waals surface area contributed by atoms with E-state index < -0.39 is 0 Å². The second kappa shape index (κ2) is 4.72. The van der Waals surface area contributed by atoms with Crippen LogP contribution < -0.4 is 5.73 Å². The zero-order valence-electron chi connectivity index (χ0n) is 10.3. The van der Waals surface area contributed by atoms with Crippen molar-refractivity contribution in [3.05, 3.63) is 41.1 Å². The van der Waals surface area contributed by atoms with Gasteiger partial charge in [-0.15, -0.1) is 0 Å². The summed E-state index contributed by atoms with van der Waals surface area (Å²) in [5.74, 6) is 0. The molecule has 0 amide bonds. The molecule has 0 saturated carbocycles. The number of hydrogen-bond acceptors (Lipinski definition) is 3. The highest BCUT2D eigenvalue weighted by atomic mass is 14.6. The smallest absolute Gasteiger partial charge is 0.129 e. The first kappa shape index (κ1) is 12.8. The Hall–Kier alpha value is -2.26. The average Bonchev–Trinajstić information content (AvgIpc) is 2.29. The van der Waals surface area contributed by atoms with Crippen molar-refractivity contribution in [3.63, 3.8) is 0 Å². The van der Waals surface area contributed by atoms with Crippen molar-refractivity contribution in [1.29, 1.82) is 10.5 Å². The van der Waals surface area contributed by atoms with Gasteiger partial charge in [0.1, 0.15) is 17.8 Å². The van der Waals surface area contributed by atoms with Gasteiger partial charge in [-0.1, -0.05) is 45.0 Å². The summed E-state index contributed by atoms with van der Waals surface area (Å²) in [5, 5.41) is 17.9. The lowest BCUT2D eigenvalue weighted by molar-refractivity contribution is 0.588. The number of nitriles is 2. The van der Waals surface area contributed by atoms with Gasteiger partial charge in [0.05, 0.1) is 5.57 Å². The number of benzene rings is 1. The first-order chi connectivity index (χ1) is 7.91. The normalized spacial score (nSPS) is 12.3. The maximum Gasteiger partial charge on any atom is 0.129 e. The van der Waals surface area contributed by atoms with Crippen molar-refractivity contribution in [2.75, 3.05) is 0 Å². The van der Waals surface area contributed by atoms with Crippen LogP contribution in [-0.4, -0.2) is 0 Å². The molecule has 17 heavy (non-hydrogen) atoms. The summed E-state index contributed by atoms with van der Waals surface area (Å²) in [4.78, 5) is 0. The van der Waals surface area contributed by atoms with Crippen molar-refractivity contribution in [1.82, 2.24) is 0 Å². The van der Waals surface area contributed by atoms with Crippen LogP contribution in [0.15, 0.2) is 30.0 Å². The Morgan fingerprint density at radius 2 is 1.71 bits per heavy atom. The predicted octanol–water partition coefficient (Wildman–Crippen LogP) is 2.70. The molecule has 2 N–H and O–H groups in total. The molecule has 0 radical (unpaired) electrons. The van der Waals surface area contributed by atoms with Gasteiger partial charge in [-0.25, -0.2) is 0 Å². The molecule has 1 rings (SSSR count). The van der Waals surface area contributed by atoms with Crippen LogP contribution in [0.25, 0.3) is 5.57 Å². The first-order valence-electron chi connectivity index (χ1n) is 5.31. The minimum atomic E-state index is -0.103. The topological polar surface area (TPSA) is 73.6 Å². The lowest BCUT2D eigenvalue weighted by Gasteiger charge is -2.22. The number of rotatable bonds is 1. The third-order valence-electron chi connectivity index (χ3n) is 2.51. The zero-order valence-corrected chi connectivity index (χ0v) is 10.3. The molecule has 0 saturated heterocycles. The summed E-state index contributed by atoms with van der Waals surface area (Å²) in [6, 6.07) is 11.4. The summed E-state index contributed by atoms with van der Waals surface area (Å²) >= 11 is 0. The highest BCUT2D eigenvalue weighted by Gasteiger charge is 2.20. The molecule has 0 atom stereocenters. The van der Waals surface area contributed by atoms with E-state index in [-0.39, 0.29) is 16.7 Å². The van der Waals surface area contributed by atoms with Gasteiger partial charge in [0.15, 0.2) is 0 Å². The van der Waals surface area contributed by atoms with Gasteiger partial charge in [-0.2, -0.15) is 10.5 Å². The Kier molecular flexibility index (Phi) is 3.55. The van der Waals surface area contributed by atoms with Crippen LogP contribution in [0.3, 0.4) is 0 Å². The van der Waals surface area contributed by atoms with Gasteiger partial charge >= 0.3 is 0 Å². The lowest BCUT2D eigenvalue weighted by atomic mass is 9.81. The maximum absolute atomic E-state index is 9.13. The van der Waals surface area contributed by atoms with Crippen LogP contribution in [0.1, 0.15) is 31.9 Å². The summed E-state index contributed by atoms with van der Waals surface area (Å²) in [6.07, 6.45) is 0.